The van der Waals surface area contributed by atoms with Crippen molar-refractivity contribution in [2.24, 2.45) is 0 Å². The van der Waals surface area contributed by atoms with E-state index in [0.717, 1.165) is 43.3 Å². The van der Waals surface area contributed by atoms with Crippen molar-refractivity contribution in [3.63, 3.8) is 0 Å². The summed E-state index contributed by atoms with van der Waals surface area (Å²) in [6, 6.07) is 13.8. The van der Waals surface area contributed by atoms with Gasteiger partial charge in [-0.15, -0.1) is 12.6 Å². The Morgan fingerprint density at radius 2 is 1.93 bits per heavy atom. The largest absolute Gasteiger partial charge is 0.507 e. The number of morpholine rings is 1. The molecule has 1 saturated heterocycles. The molecule has 0 bridgehead atoms. The SMILES string of the molecule is CC(C)c1ccc(O)c(-c2nc(=S)[nH][nH]2)c1.Sc1cccc(CN2CCOCC2)c1. The Bertz CT molecular complexity index is 1010. The van der Waals surface area contributed by atoms with Crippen LogP contribution in [-0.2, 0) is 11.3 Å². The van der Waals surface area contributed by atoms with Crippen LogP contribution in [0.2, 0.25) is 0 Å². The van der Waals surface area contributed by atoms with E-state index in [-0.39, 0.29) is 5.75 Å². The monoisotopic (exact) mass is 444 g/mol. The summed E-state index contributed by atoms with van der Waals surface area (Å²) in [6.45, 7) is 9.01. The van der Waals surface area contributed by atoms with Crippen molar-refractivity contribution < 1.29 is 9.84 Å². The molecular weight excluding hydrogens is 416 g/mol. The third-order valence-electron chi connectivity index (χ3n) is 4.86. The molecule has 2 aromatic carbocycles. The van der Waals surface area contributed by atoms with Gasteiger partial charge < -0.3 is 9.84 Å². The number of ether oxygens (including phenoxy) is 1. The highest BCUT2D eigenvalue weighted by Gasteiger charge is 2.11. The average Bonchev–Trinajstić information content (AvgIpc) is 3.15. The van der Waals surface area contributed by atoms with Gasteiger partial charge in [-0.05, 0) is 53.5 Å². The number of phenolic OH excluding ortho intramolecular Hbond substituents is 1. The van der Waals surface area contributed by atoms with Crippen molar-refractivity contribution >= 4 is 24.8 Å². The lowest BCUT2D eigenvalue weighted by Crippen LogP contribution is -2.35. The Balaban J connectivity index is 0.000000172. The molecule has 0 radical (unpaired) electrons. The van der Waals surface area contributed by atoms with Crippen LogP contribution in [0.5, 0.6) is 5.75 Å². The second-order valence-electron chi connectivity index (χ2n) is 7.51. The minimum atomic E-state index is 0.196. The highest BCUT2D eigenvalue weighted by atomic mass is 32.1. The van der Waals surface area contributed by atoms with Crippen molar-refractivity contribution in [2.75, 3.05) is 26.3 Å². The number of rotatable bonds is 4. The van der Waals surface area contributed by atoms with Gasteiger partial charge >= 0.3 is 0 Å². The minimum absolute atomic E-state index is 0.196. The van der Waals surface area contributed by atoms with E-state index in [1.807, 2.05) is 18.2 Å². The van der Waals surface area contributed by atoms with Crippen molar-refractivity contribution in [1.29, 1.82) is 0 Å². The van der Waals surface area contributed by atoms with Crippen molar-refractivity contribution in [3.8, 4) is 17.1 Å². The molecule has 2 heterocycles. The van der Waals surface area contributed by atoms with E-state index >= 15 is 0 Å². The molecule has 0 unspecified atom stereocenters. The van der Waals surface area contributed by atoms with Crippen LogP contribution in [0.4, 0.5) is 0 Å². The van der Waals surface area contributed by atoms with E-state index in [1.165, 1.54) is 5.56 Å². The molecule has 30 heavy (non-hydrogen) atoms. The fourth-order valence-electron chi connectivity index (χ4n) is 3.17. The van der Waals surface area contributed by atoms with Crippen molar-refractivity contribution in [2.45, 2.75) is 31.2 Å². The predicted octanol–water partition coefficient (Wildman–Crippen LogP) is 4.77. The molecule has 1 aromatic heterocycles. The summed E-state index contributed by atoms with van der Waals surface area (Å²) in [5, 5.41) is 15.3. The number of hydrogen-bond acceptors (Lipinski definition) is 6. The third kappa shape index (κ3) is 6.43. The van der Waals surface area contributed by atoms with Gasteiger partial charge in [0.2, 0.25) is 4.77 Å². The van der Waals surface area contributed by atoms with Crippen LogP contribution < -0.4 is 0 Å². The maximum atomic E-state index is 9.77. The number of hydrogen-bond donors (Lipinski definition) is 4. The van der Waals surface area contributed by atoms with Crippen molar-refractivity contribution in [1.82, 2.24) is 20.1 Å². The minimum Gasteiger partial charge on any atom is -0.507 e. The number of aromatic nitrogens is 3. The Morgan fingerprint density at radius 3 is 2.57 bits per heavy atom. The quantitative estimate of drug-likeness (QED) is 0.344. The first-order valence-electron chi connectivity index (χ1n) is 9.98. The molecular formula is C22H28N4O2S2. The number of aromatic hydroxyl groups is 1. The summed E-state index contributed by atoms with van der Waals surface area (Å²) in [5.41, 5.74) is 3.15. The molecule has 0 aliphatic carbocycles. The number of nitrogens with one attached hydrogen (secondary N) is 2. The van der Waals surface area contributed by atoms with Gasteiger partial charge in [0.15, 0.2) is 5.82 Å². The summed E-state index contributed by atoms with van der Waals surface area (Å²) < 4.78 is 5.68. The molecule has 0 saturated carbocycles. The number of nitrogens with zero attached hydrogens (tertiary/aromatic N) is 2. The van der Waals surface area contributed by atoms with Gasteiger partial charge in [-0.2, -0.15) is 4.98 Å². The number of H-pyrrole nitrogens is 2. The molecule has 1 aliphatic rings. The van der Waals surface area contributed by atoms with Crippen LogP contribution in [-0.4, -0.2) is 51.5 Å². The highest BCUT2D eigenvalue weighted by molar-refractivity contribution is 7.80. The summed E-state index contributed by atoms with van der Waals surface area (Å²) in [5.74, 6) is 1.16. The van der Waals surface area contributed by atoms with Crippen LogP contribution in [0, 0.1) is 4.77 Å². The normalized spacial score (nSPS) is 14.4. The summed E-state index contributed by atoms with van der Waals surface area (Å²) in [7, 11) is 0. The smallest absolute Gasteiger partial charge is 0.213 e. The van der Waals surface area contributed by atoms with Gasteiger partial charge in [-0.1, -0.05) is 32.0 Å². The Labute approximate surface area is 187 Å². The van der Waals surface area contributed by atoms with Crippen LogP contribution in [0.3, 0.4) is 0 Å². The lowest BCUT2D eigenvalue weighted by molar-refractivity contribution is 0.0341. The summed E-state index contributed by atoms with van der Waals surface area (Å²) >= 11 is 9.21. The van der Waals surface area contributed by atoms with E-state index in [2.05, 4.69) is 64.8 Å². The van der Waals surface area contributed by atoms with Crippen LogP contribution in [0.25, 0.3) is 11.4 Å². The predicted molar refractivity (Wildman–Crippen MR) is 125 cm³/mol. The van der Waals surface area contributed by atoms with Crippen LogP contribution in [0.15, 0.2) is 47.4 Å². The van der Waals surface area contributed by atoms with E-state index in [4.69, 9.17) is 17.0 Å². The zero-order valence-electron chi connectivity index (χ0n) is 17.3. The van der Waals surface area contributed by atoms with Gasteiger partial charge in [0.05, 0.1) is 18.8 Å². The number of benzene rings is 2. The number of aromatic amines is 2. The van der Waals surface area contributed by atoms with Gasteiger partial charge in [-0.25, -0.2) is 0 Å². The zero-order valence-corrected chi connectivity index (χ0v) is 19.0. The molecule has 3 N–H and O–H groups in total. The van der Waals surface area contributed by atoms with E-state index in [1.54, 1.807) is 6.07 Å². The second-order valence-corrected chi connectivity index (χ2v) is 8.41. The number of thiol groups is 1. The third-order valence-corrected chi connectivity index (χ3v) is 5.34. The lowest BCUT2D eigenvalue weighted by atomic mass is 10.00. The highest BCUT2D eigenvalue weighted by Crippen LogP contribution is 2.29. The standard InChI is InChI=1S/C11H13N3OS.C11H15NOS/c1-6(2)7-3-4-9(15)8(5-7)10-12-11(16)14-13-10;14-11-3-1-2-10(8-11)9-12-4-6-13-7-5-12/h3-6,15H,1-2H3,(H2,12,13,14,16);1-3,8,14H,4-7,9H2. The lowest BCUT2D eigenvalue weighted by Gasteiger charge is -2.26. The van der Waals surface area contributed by atoms with Crippen molar-refractivity contribution in [3.05, 3.63) is 58.4 Å². The molecule has 6 nitrogen and oxygen atoms in total. The molecule has 0 atom stereocenters. The summed E-state index contributed by atoms with van der Waals surface area (Å²) in [4.78, 5) is 7.53. The molecule has 160 valence electrons. The maximum Gasteiger partial charge on any atom is 0.213 e. The average molecular weight is 445 g/mol. The van der Waals surface area contributed by atoms with E-state index < -0.39 is 0 Å². The first-order chi connectivity index (χ1) is 14.4. The van der Waals surface area contributed by atoms with Gasteiger partial charge in [-0.3, -0.25) is 15.1 Å². The fraction of sp³-hybridized carbons (Fsp3) is 0.364. The van der Waals surface area contributed by atoms with Gasteiger partial charge in [0, 0.05) is 24.5 Å². The first kappa shape index (κ1) is 22.6. The molecule has 8 heteroatoms. The Hall–Kier alpha value is -2.13. The Morgan fingerprint density at radius 1 is 1.17 bits per heavy atom. The Kier molecular flexibility index (Phi) is 8.09. The van der Waals surface area contributed by atoms with Gasteiger partial charge in [0.25, 0.3) is 0 Å². The van der Waals surface area contributed by atoms with Gasteiger partial charge in [0.1, 0.15) is 5.75 Å². The fourth-order valence-corrected chi connectivity index (χ4v) is 3.57. The molecule has 0 amide bonds. The molecule has 4 rings (SSSR count). The van der Waals surface area contributed by atoms with E-state index in [0.29, 0.717) is 22.1 Å². The maximum absolute atomic E-state index is 9.77. The zero-order chi connectivity index (χ0) is 21.5. The van der Waals surface area contributed by atoms with Crippen LogP contribution in [0.1, 0.15) is 30.9 Å². The molecule has 3 aromatic rings. The number of phenols is 1. The molecule has 0 spiro atoms. The second kappa shape index (κ2) is 10.8. The first-order valence-corrected chi connectivity index (χ1v) is 10.8. The van der Waals surface area contributed by atoms with E-state index in [9.17, 15) is 5.11 Å². The molecule has 1 aliphatic heterocycles. The van der Waals surface area contributed by atoms with Crippen LogP contribution >= 0.6 is 24.8 Å². The summed E-state index contributed by atoms with van der Waals surface area (Å²) in [6.07, 6.45) is 0. The molecule has 1 fully saturated rings. The topological polar surface area (TPSA) is 77.2 Å².